The Labute approximate surface area is 108 Å². The molecule has 1 atom stereocenters. The first kappa shape index (κ1) is 13.5. The van der Waals surface area contributed by atoms with Gasteiger partial charge in [-0.05, 0) is 31.9 Å². The van der Waals surface area contributed by atoms with Crippen molar-refractivity contribution < 1.29 is 23.1 Å². The van der Waals surface area contributed by atoms with Gasteiger partial charge in [0.15, 0.2) is 6.10 Å². The van der Waals surface area contributed by atoms with Crippen LogP contribution in [0.2, 0.25) is 0 Å². The minimum Gasteiger partial charge on any atom is -0.452 e. The van der Waals surface area contributed by atoms with E-state index < -0.39 is 29.6 Å². The van der Waals surface area contributed by atoms with Crippen LogP contribution in [0.3, 0.4) is 0 Å². The van der Waals surface area contributed by atoms with Gasteiger partial charge in [-0.2, -0.15) is 0 Å². The lowest BCUT2D eigenvalue weighted by molar-refractivity contribution is -0.154. The zero-order chi connectivity index (χ0) is 14.0. The van der Waals surface area contributed by atoms with Gasteiger partial charge in [0.05, 0.1) is 11.6 Å². The van der Waals surface area contributed by atoms with Crippen molar-refractivity contribution in [2.24, 2.45) is 5.92 Å². The highest BCUT2D eigenvalue weighted by Gasteiger charge is 2.33. The number of nitrogens with one attached hydrogen (secondary N) is 1. The molecule has 4 nitrogen and oxygen atoms in total. The summed E-state index contributed by atoms with van der Waals surface area (Å²) in [5.41, 5.74) is -0.278. The van der Waals surface area contributed by atoms with Crippen LogP contribution in [0.1, 0.15) is 19.8 Å². The van der Waals surface area contributed by atoms with E-state index in [-0.39, 0.29) is 11.6 Å². The van der Waals surface area contributed by atoms with Gasteiger partial charge in [-0.25, -0.2) is 8.78 Å². The molecule has 2 rings (SSSR count). The third-order valence-corrected chi connectivity index (χ3v) is 2.76. The Balaban J connectivity index is 1.95. The van der Waals surface area contributed by atoms with Crippen LogP contribution < -0.4 is 5.32 Å². The summed E-state index contributed by atoms with van der Waals surface area (Å²) in [5.74, 6) is -2.67. The van der Waals surface area contributed by atoms with Gasteiger partial charge in [0.1, 0.15) is 11.6 Å². The predicted molar refractivity (Wildman–Crippen MR) is 63.3 cm³/mol. The summed E-state index contributed by atoms with van der Waals surface area (Å²) >= 11 is 0. The number of amides is 1. The van der Waals surface area contributed by atoms with Crippen LogP contribution >= 0.6 is 0 Å². The number of hydrogen-bond donors (Lipinski definition) is 1. The Kier molecular flexibility index (Phi) is 3.78. The molecule has 102 valence electrons. The lowest BCUT2D eigenvalue weighted by Gasteiger charge is -2.13. The summed E-state index contributed by atoms with van der Waals surface area (Å²) in [7, 11) is 0. The van der Waals surface area contributed by atoms with Gasteiger partial charge in [-0.1, -0.05) is 0 Å². The van der Waals surface area contributed by atoms with Gasteiger partial charge in [0.2, 0.25) is 0 Å². The van der Waals surface area contributed by atoms with E-state index in [9.17, 15) is 18.4 Å². The van der Waals surface area contributed by atoms with E-state index in [2.05, 4.69) is 5.32 Å². The number of carbonyl (C=O) groups excluding carboxylic acids is 2. The van der Waals surface area contributed by atoms with Crippen molar-refractivity contribution in [3.8, 4) is 0 Å². The van der Waals surface area contributed by atoms with Gasteiger partial charge < -0.3 is 10.1 Å². The van der Waals surface area contributed by atoms with Gasteiger partial charge in [-0.15, -0.1) is 0 Å². The van der Waals surface area contributed by atoms with Crippen LogP contribution in [0.5, 0.6) is 0 Å². The molecule has 1 saturated carbocycles. The number of hydrogen-bond acceptors (Lipinski definition) is 3. The van der Waals surface area contributed by atoms with E-state index in [1.807, 2.05) is 0 Å². The molecule has 0 aromatic heterocycles. The number of esters is 1. The zero-order valence-corrected chi connectivity index (χ0v) is 10.3. The number of halogens is 2. The summed E-state index contributed by atoms with van der Waals surface area (Å²) in [6.07, 6.45) is 0.493. The largest absolute Gasteiger partial charge is 0.452 e. The maximum Gasteiger partial charge on any atom is 0.309 e. The molecule has 1 amide bonds. The van der Waals surface area contributed by atoms with E-state index in [0.29, 0.717) is 0 Å². The van der Waals surface area contributed by atoms with E-state index in [1.165, 1.54) is 6.92 Å². The molecule has 0 heterocycles. The molecular weight excluding hydrogens is 256 g/mol. The predicted octanol–water partition coefficient (Wildman–Crippen LogP) is 2.25. The summed E-state index contributed by atoms with van der Waals surface area (Å²) in [4.78, 5) is 23.0. The minimum absolute atomic E-state index is 0.124. The molecule has 0 radical (unpaired) electrons. The van der Waals surface area contributed by atoms with Crippen molar-refractivity contribution in [3.05, 3.63) is 29.8 Å². The van der Waals surface area contributed by atoms with Crippen LogP contribution in [0.25, 0.3) is 0 Å². The first-order valence-electron chi connectivity index (χ1n) is 5.94. The fourth-order valence-electron chi connectivity index (χ4n) is 1.47. The molecule has 1 aromatic rings. The molecule has 1 aliphatic rings. The van der Waals surface area contributed by atoms with Crippen molar-refractivity contribution in [2.45, 2.75) is 25.9 Å². The molecule has 0 saturated heterocycles. The second-order valence-corrected chi connectivity index (χ2v) is 4.47. The summed E-state index contributed by atoms with van der Waals surface area (Å²) in [6, 6.07) is 2.72. The maximum absolute atomic E-state index is 13.3. The Hall–Kier alpha value is -1.98. The SMILES string of the molecule is C[C@@H](OC(=O)C1CC1)C(=O)Nc1cc(F)ccc1F. The molecule has 6 heteroatoms. The lowest BCUT2D eigenvalue weighted by atomic mass is 10.2. The Bertz CT molecular complexity index is 515. The summed E-state index contributed by atoms with van der Waals surface area (Å²) < 4.78 is 31.1. The normalized spacial score (nSPS) is 15.7. The summed E-state index contributed by atoms with van der Waals surface area (Å²) in [6.45, 7) is 1.38. The Morgan fingerprint density at radius 3 is 2.68 bits per heavy atom. The fraction of sp³-hybridized carbons (Fsp3) is 0.385. The lowest BCUT2D eigenvalue weighted by Crippen LogP contribution is -2.30. The van der Waals surface area contributed by atoms with Gasteiger partial charge >= 0.3 is 5.97 Å². The molecule has 0 bridgehead atoms. The number of carbonyl (C=O) groups is 2. The monoisotopic (exact) mass is 269 g/mol. The minimum atomic E-state index is -1.05. The van der Waals surface area contributed by atoms with Crippen molar-refractivity contribution in [1.29, 1.82) is 0 Å². The van der Waals surface area contributed by atoms with Crippen LogP contribution in [0.4, 0.5) is 14.5 Å². The van der Waals surface area contributed by atoms with Crippen LogP contribution in [0, 0.1) is 17.6 Å². The van der Waals surface area contributed by atoms with Crippen LogP contribution in [-0.4, -0.2) is 18.0 Å². The molecule has 0 aliphatic heterocycles. The van der Waals surface area contributed by atoms with E-state index in [1.54, 1.807) is 0 Å². The van der Waals surface area contributed by atoms with E-state index in [4.69, 9.17) is 4.74 Å². The van der Waals surface area contributed by atoms with Gasteiger partial charge in [0.25, 0.3) is 5.91 Å². The van der Waals surface area contributed by atoms with Crippen molar-refractivity contribution in [3.63, 3.8) is 0 Å². The zero-order valence-electron chi connectivity index (χ0n) is 10.3. The second-order valence-electron chi connectivity index (χ2n) is 4.47. The molecular formula is C13H13F2NO3. The average Bonchev–Trinajstić information content (AvgIpc) is 3.17. The molecule has 1 aromatic carbocycles. The number of ether oxygens (including phenoxy) is 1. The number of rotatable bonds is 4. The molecule has 1 aliphatic carbocycles. The highest BCUT2D eigenvalue weighted by atomic mass is 19.1. The fourth-order valence-corrected chi connectivity index (χ4v) is 1.47. The number of anilines is 1. The van der Waals surface area contributed by atoms with Crippen molar-refractivity contribution in [2.75, 3.05) is 5.32 Å². The van der Waals surface area contributed by atoms with Gasteiger partial charge in [0, 0.05) is 6.07 Å². The van der Waals surface area contributed by atoms with Crippen molar-refractivity contribution in [1.82, 2.24) is 0 Å². The average molecular weight is 269 g/mol. The first-order valence-corrected chi connectivity index (χ1v) is 5.94. The van der Waals surface area contributed by atoms with E-state index >= 15 is 0 Å². The van der Waals surface area contributed by atoms with Gasteiger partial charge in [-0.3, -0.25) is 9.59 Å². The molecule has 1 fully saturated rings. The smallest absolute Gasteiger partial charge is 0.309 e. The first-order chi connectivity index (χ1) is 8.97. The highest BCUT2D eigenvalue weighted by molar-refractivity contribution is 5.95. The third kappa shape index (κ3) is 3.49. The third-order valence-electron chi connectivity index (χ3n) is 2.76. The quantitative estimate of drug-likeness (QED) is 0.853. The maximum atomic E-state index is 13.3. The molecule has 19 heavy (non-hydrogen) atoms. The Morgan fingerprint density at radius 2 is 2.05 bits per heavy atom. The van der Waals surface area contributed by atoms with Crippen LogP contribution in [0.15, 0.2) is 18.2 Å². The molecule has 0 spiro atoms. The standard InChI is InChI=1S/C13H13F2NO3/c1-7(19-13(18)8-2-3-8)12(17)16-11-6-9(14)4-5-10(11)15/h4-8H,2-3H2,1H3,(H,16,17)/t7-/m1/s1. The molecule has 1 N–H and O–H groups in total. The summed E-state index contributed by atoms with van der Waals surface area (Å²) in [5, 5.41) is 2.18. The van der Waals surface area contributed by atoms with E-state index in [0.717, 1.165) is 31.0 Å². The topological polar surface area (TPSA) is 55.4 Å². The second kappa shape index (κ2) is 5.34. The van der Waals surface area contributed by atoms with Crippen molar-refractivity contribution >= 4 is 17.6 Å². The van der Waals surface area contributed by atoms with Crippen LogP contribution in [-0.2, 0) is 14.3 Å². The Morgan fingerprint density at radius 1 is 1.37 bits per heavy atom. The number of benzene rings is 1. The molecule has 0 unspecified atom stereocenters. The highest BCUT2D eigenvalue weighted by Crippen LogP contribution is 2.30.